The fourth-order valence-corrected chi connectivity index (χ4v) is 1.44. The SMILES string of the molecule is CCCNCc1ccc(OC(C)C(=O)NC)cn1. The lowest BCUT2D eigenvalue weighted by Crippen LogP contribution is -2.33. The highest BCUT2D eigenvalue weighted by molar-refractivity contribution is 5.80. The van der Waals surface area contributed by atoms with Gasteiger partial charge in [-0.05, 0) is 32.0 Å². The van der Waals surface area contributed by atoms with Crippen LogP contribution in [0.15, 0.2) is 18.3 Å². The Labute approximate surface area is 108 Å². The average Bonchev–Trinajstić information content (AvgIpc) is 2.40. The van der Waals surface area contributed by atoms with Gasteiger partial charge >= 0.3 is 0 Å². The maximum absolute atomic E-state index is 11.3. The minimum atomic E-state index is -0.513. The summed E-state index contributed by atoms with van der Waals surface area (Å²) in [7, 11) is 1.59. The van der Waals surface area contributed by atoms with Crippen molar-refractivity contribution in [2.75, 3.05) is 13.6 Å². The predicted octanol–water partition coefficient (Wildman–Crippen LogP) is 1.09. The molecule has 1 aromatic heterocycles. The number of carbonyl (C=O) groups excluding carboxylic acids is 1. The molecule has 0 radical (unpaired) electrons. The van der Waals surface area contributed by atoms with E-state index >= 15 is 0 Å². The Kier molecular flexibility index (Phi) is 6.14. The summed E-state index contributed by atoms with van der Waals surface area (Å²) in [6, 6.07) is 3.73. The summed E-state index contributed by atoms with van der Waals surface area (Å²) in [6.07, 6.45) is 2.23. The van der Waals surface area contributed by atoms with Gasteiger partial charge < -0.3 is 15.4 Å². The number of pyridine rings is 1. The Balaban J connectivity index is 2.47. The van der Waals surface area contributed by atoms with E-state index in [9.17, 15) is 4.79 Å². The lowest BCUT2D eigenvalue weighted by Gasteiger charge is -2.13. The summed E-state index contributed by atoms with van der Waals surface area (Å²) in [5.41, 5.74) is 0.961. The Hall–Kier alpha value is -1.62. The van der Waals surface area contributed by atoms with Crippen molar-refractivity contribution in [2.45, 2.75) is 32.9 Å². The molecule has 0 aromatic carbocycles. The van der Waals surface area contributed by atoms with Gasteiger partial charge in [-0.2, -0.15) is 0 Å². The van der Waals surface area contributed by atoms with Crippen molar-refractivity contribution in [1.29, 1.82) is 0 Å². The second-order valence-electron chi connectivity index (χ2n) is 4.04. The first-order valence-corrected chi connectivity index (χ1v) is 6.21. The molecule has 5 heteroatoms. The summed E-state index contributed by atoms with van der Waals surface area (Å²) in [5.74, 6) is 0.453. The number of nitrogens with zero attached hydrogens (tertiary/aromatic N) is 1. The molecule has 0 aliphatic carbocycles. The molecule has 100 valence electrons. The van der Waals surface area contributed by atoms with Gasteiger partial charge in [0.05, 0.1) is 11.9 Å². The molecule has 0 aliphatic rings. The summed E-state index contributed by atoms with van der Waals surface area (Å²) in [6.45, 7) is 5.56. The second-order valence-corrected chi connectivity index (χ2v) is 4.04. The maximum Gasteiger partial charge on any atom is 0.260 e. The smallest absolute Gasteiger partial charge is 0.260 e. The van der Waals surface area contributed by atoms with Gasteiger partial charge in [-0.1, -0.05) is 6.92 Å². The van der Waals surface area contributed by atoms with E-state index < -0.39 is 6.10 Å². The van der Waals surface area contributed by atoms with Gasteiger partial charge in [0, 0.05) is 13.6 Å². The van der Waals surface area contributed by atoms with E-state index in [1.807, 2.05) is 12.1 Å². The van der Waals surface area contributed by atoms with E-state index in [0.29, 0.717) is 5.75 Å². The molecule has 1 atom stereocenters. The van der Waals surface area contributed by atoms with Crippen molar-refractivity contribution >= 4 is 5.91 Å². The van der Waals surface area contributed by atoms with Crippen LogP contribution < -0.4 is 15.4 Å². The molecular weight excluding hydrogens is 230 g/mol. The van der Waals surface area contributed by atoms with Crippen molar-refractivity contribution in [1.82, 2.24) is 15.6 Å². The largest absolute Gasteiger partial charge is 0.479 e. The molecule has 1 rings (SSSR count). The molecule has 1 heterocycles. The van der Waals surface area contributed by atoms with Crippen LogP contribution >= 0.6 is 0 Å². The quantitative estimate of drug-likeness (QED) is 0.712. The number of amides is 1. The van der Waals surface area contributed by atoms with Crippen LogP contribution in [0.4, 0.5) is 0 Å². The normalized spacial score (nSPS) is 11.9. The zero-order valence-corrected chi connectivity index (χ0v) is 11.2. The fourth-order valence-electron chi connectivity index (χ4n) is 1.44. The predicted molar refractivity (Wildman–Crippen MR) is 70.4 cm³/mol. The third kappa shape index (κ3) is 4.71. The van der Waals surface area contributed by atoms with Gasteiger partial charge in [-0.3, -0.25) is 9.78 Å². The Morgan fingerprint density at radius 3 is 2.83 bits per heavy atom. The molecule has 2 N–H and O–H groups in total. The van der Waals surface area contributed by atoms with E-state index in [1.165, 1.54) is 0 Å². The van der Waals surface area contributed by atoms with Crippen molar-refractivity contribution in [3.8, 4) is 5.75 Å². The van der Waals surface area contributed by atoms with E-state index in [1.54, 1.807) is 20.2 Å². The molecular formula is C13H21N3O2. The average molecular weight is 251 g/mol. The molecule has 0 fully saturated rings. The molecule has 0 saturated heterocycles. The number of rotatable bonds is 7. The first kappa shape index (κ1) is 14.4. The second kappa shape index (κ2) is 7.66. The van der Waals surface area contributed by atoms with E-state index in [-0.39, 0.29) is 5.91 Å². The minimum absolute atomic E-state index is 0.149. The molecule has 0 spiro atoms. The summed E-state index contributed by atoms with van der Waals surface area (Å²) in [4.78, 5) is 15.6. The van der Waals surface area contributed by atoms with E-state index in [2.05, 4.69) is 22.5 Å². The highest BCUT2D eigenvalue weighted by atomic mass is 16.5. The number of nitrogens with one attached hydrogen (secondary N) is 2. The van der Waals surface area contributed by atoms with Crippen molar-refractivity contribution in [2.24, 2.45) is 0 Å². The fraction of sp³-hybridized carbons (Fsp3) is 0.538. The van der Waals surface area contributed by atoms with Gasteiger partial charge in [0.1, 0.15) is 5.75 Å². The summed E-state index contributed by atoms with van der Waals surface area (Å²) in [5, 5.41) is 5.81. The van der Waals surface area contributed by atoms with Crippen LogP contribution in [0.1, 0.15) is 26.0 Å². The molecule has 1 amide bonds. The van der Waals surface area contributed by atoms with Crippen LogP contribution in [0.5, 0.6) is 5.75 Å². The Bertz CT molecular complexity index is 365. The van der Waals surface area contributed by atoms with Crippen molar-refractivity contribution in [3.63, 3.8) is 0 Å². The third-order valence-electron chi connectivity index (χ3n) is 2.46. The van der Waals surface area contributed by atoms with Gasteiger partial charge in [-0.25, -0.2) is 0 Å². The number of hydrogen-bond acceptors (Lipinski definition) is 4. The number of likely N-dealkylation sites (N-methyl/N-ethyl adjacent to an activating group) is 1. The zero-order chi connectivity index (χ0) is 13.4. The third-order valence-corrected chi connectivity index (χ3v) is 2.46. The standard InChI is InChI=1S/C13H21N3O2/c1-4-7-15-8-11-5-6-12(9-16-11)18-10(2)13(17)14-3/h5-6,9-10,15H,4,7-8H2,1-3H3,(H,14,17). The molecule has 5 nitrogen and oxygen atoms in total. The topological polar surface area (TPSA) is 63.2 Å². The summed E-state index contributed by atoms with van der Waals surface area (Å²) >= 11 is 0. The van der Waals surface area contributed by atoms with Crippen molar-refractivity contribution < 1.29 is 9.53 Å². The highest BCUT2D eigenvalue weighted by Gasteiger charge is 2.12. The first-order valence-electron chi connectivity index (χ1n) is 6.21. The number of aromatic nitrogens is 1. The van der Waals surface area contributed by atoms with Crippen molar-refractivity contribution in [3.05, 3.63) is 24.0 Å². The van der Waals surface area contributed by atoms with Gasteiger partial charge in [0.15, 0.2) is 6.10 Å². The lowest BCUT2D eigenvalue weighted by atomic mass is 10.3. The number of ether oxygens (including phenoxy) is 1. The monoisotopic (exact) mass is 251 g/mol. The zero-order valence-electron chi connectivity index (χ0n) is 11.2. The molecule has 0 aliphatic heterocycles. The summed E-state index contributed by atoms with van der Waals surface area (Å²) < 4.78 is 5.45. The molecule has 1 unspecified atom stereocenters. The minimum Gasteiger partial charge on any atom is -0.479 e. The van der Waals surface area contributed by atoms with Crippen LogP contribution in [0.25, 0.3) is 0 Å². The van der Waals surface area contributed by atoms with Gasteiger partial charge in [-0.15, -0.1) is 0 Å². The molecule has 0 saturated carbocycles. The first-order chi connectivity index (χ1) is 8.67. The van der Waals surface area contributed by atoms with E-state index in [4.69, 9.17) is 4.74 Å². The number of carbonyl (C=O) groups is 1. The Morgan fingerprint density at radius 1 is 1.50 bits per heavy atom. The van der Waals surface area contributed by atoms with Gasteiger partial charge in [0.25, 0.3) is 5.91 Å². The van der Waals surface area contributed by atoms with E-state index in [0.717, 1.165) is 25.2 Å². The van der Waals surface area contributed by atoms with Crippen LogP contribution in [0.3, 0.4) is 0 Å². The van der Waals surface area contributed by atoms with Crippen LogP contribution in [0.2, 0.25) is 0 Å². The number of hydrogen-bond donors (Lipinski definition) is 2. The molecule has 0 bridgehead atoms. The van der Waals surface area contributed by atoms with Crippen LogP contribution in [0, 0.1) is 0 Å². The van der Waals surface area contributed by atoms with Crippen LogP contribution in [-0.2, 0) is 11.3 Å². The lowest BCUT2D eigenvalue weighted by molar-refractivity contribution is -0.126. The van der Waals surface area contributed by atoms with Gasteiger partial charge in [0.2, 0.25) is 0 Å². The molecule has 1 aromatic rings. The molecule has 18 heavy (non-hydrogen) atoms. The highest BCUT2D eigenvalue weighted by Crippen LogP contribution is 2.11. The Morgan fingerprint density at radius 2 is 2.28 bits per heavy atom. The van der Waals surface area contributed by atoms with Crippen LogP contribution in [-0.4, -0.2) is 30.6 Å². The maximum atomic E-state index is 11.3.